The number of hydrogen-bond acceptors (Lipinski definition) is 4. The monoisotopic (exact) mass is 306 g/mol. The van der Waals surface area contributed by atoms with E-state index in [-0.39, 0.29) is 4.90 Å². The van der Waals surface area contributed by atoms with Crippen molar-refractivity contribution in [1.29, 1.82) is 0 Å². The molecule has 0 aliphatic rings. The smallest absolute Gasteiger partial charge is 0.262 e. The van der Waals surface area contributed by atoms with Crippen molar-refractivity contribution in [3.63, 3.8) is 0 Å². The number of hydrogen-bond donors (Lipinski definition) is 1. The van der Waals surface area contributed by atoms with Gasteiger partial charge in [0, 0.05) is 6.20 Å². The van der Waals surface area contributed by atoms with E-state index in [2.05, 4.69) is 9.71 Å². The zero-order valence-corrected chi connectivity index (χ0v) is 13.1. The Morgan fingerprint density at radius 2 is 2.00 bits per heavy atom. The molecule has 6 heteroatoms. The summed E-state index contributed by atoms with van der Waals surface area (Å²) in [6, 6.07) is 6.70. The van der Waals surface area contributed by atoms with Crippen molar-refractivity contribution in [2.24, 2.45) is 0 Å². The van der Waals surface area contributed by atoms with Crippen molar-refractivity contribution in [3.8, 4) is 5.75 Å². The molecule has 1 aromatic carbocycles. The third-order valence-corrected chi connectivity index (χ3v) is 4.50. The minimum absolute atomic E-state index is 0.243. The Kier molecular flexibility index (Phi) is 4.47. The summed E-state index contributed by atoms with van der Waals surface area (Å²) in [5.41, 5.74) is 1.86. The van der Waals surface area contributed by atoms with Gasteiger partial charge in [-0.2, -0.15) is 0 Å². The van der Waals surface area contributed by atoms with E-state index in [0.29, 0.717) is 23.6 Å². The fraction of sp³-hybridized carbons (Fsp3) is 0.267. The number of aryl methyl sites for hydroxylation is 2. The van der Waals surface area contributed by atoms with Gasteiger partial charge in [0.1, 0.15) is 5.75 Å². The molecular formula is C15H18N2O3S. The third kappa shape index (κ3) is 3.52. The molecule has 1 N–H and O–H groups in total. The average Bonchev–Trinajstić information content (AvgIpc) is 2.43. The topological polar surface area (TPSA) is 68.3 Å². The Labute approximate surface area is 125 Å². The second-order valence-corrected chi connectivity index (χ2v) is 6.31. The Bertz CT molecular complexity index is 728. The van der Waals surface area contributed by atoms with Crippen molar-refractivity contribution in [1.82, 2.24) is 4.98 Å². The molecule has 21 heavy (non-hydrogen) atoms. The standard InChI is InChI=1S/C15H18N2O3S/c1-4-20-14-8-12(3)15(9-11(14)2)21(18,19)17-13-6-5-7-16-10-13/h5-10,17H,4H2,1-3H3. The van der Waals surface area contributed by atoms with E-state index in [1.54, 1.807) is 37.4 Å². The van der Waals surface area contributed by atoms with Crippen LogP contribution in [0, 0.1) is 13.8 Å². The van der Waals surface area contributed by atoms with E-state index < -0.39 is 10.0 Å². The second kappa shape index (κ2) is 6.13. The number of anilines is 1. The quantitative estimate of drug-likeness (QED) is 0.922. The Hall–Kier alpha value is -2.08. The van der Waals surface area contributed by atoms with E-state index in [4.69, 9.17) is 4.74 Å². The molecule has 1 heterocycles. The molecule has 0 saturated heterocycles. The van der Waals surface area contributed by atoms with Gasteiger partial charge in [-0.3, -0.25) is 9.71 Å². The van der Waals surface area contributed by atoms with E-state index in [1.807, 2.05) is 13.8 Å². The first-order valence-corrected chi connectivity index (χ1v) is 8.09. The molecule has 0 saturated carbocycles. The van der Waals surface area contributed by atoms with E-state index in [0.717, 1.165) is 5.56 Å². The van der Waals surface area contributed by atoms with Gasteiger partial charge in [-0.1, -0.05) is 0 Å². The van der Waals surface area contributed by atoms with Gasteiger partial charge in [-0.05, 0) is 56.2 Å². The molecule has 2 rings (SSSR count). The van der Waals surface area contributed by atoms with E-state index in [9.17, 15) is 8.42 Å². The first-order valence-electron chi connectivity index (χ1n) is 6.61. The van der Waals surface area contributed by atoms with Gasteiger partial charge in [0.15, 0.2) is 0 Å². The molecule has 0 aliphatic heterocycles. The number of aromatic nitrogens is 1. The van der Waals surface area contributed by atoms with Crippen LogP contribution in [0.2, 0.25) is 0 Å². The van der Waals surface area contributed by atoms with Gasteiger partial charge in [0.05, 0.1) is 23.4 Å². The molecule has 0 fully saturated rings. The normalized spacial score (nSPS) is 11.2. The maximum atomic E-state index is 12.5. The Morgan fingerprint density at radius 1 is 1.24 bits per heavy atom. The fourth-order valence-corrected chi connectivity index (χ4v) is 3.35. The largest absolute Gasteiger partial charge is 0.494 e. The van der Waals surface area contributed by atoms with Gasteiger partial charge >= 0.3 is 0 Å². The minimum Gasteiger partial charge on any atom is -0.494 e. The first-order chi connectivity index (χ1) is 9.94. The van der Waals surface area contributed by atoms with Gasteiger partial charge in [-0.15, -0.1) is 0 Å². The van der Waals surface area contributed by atoms with Crippen molar-refractivity contribution >= 4 is 15.7 Å². The van der Waals surface area contributed by atoms with Crippen molar-refractivity contribution in [2.45, 2.75) is 25.7 Å². The van der Waals surface area contributed by atoms with Crippen LogP contribution in [0.25, 0.3) is 0 Å². The van der Waals surface area contributed by atoms with Gasteiger partial charge in [0.25, 0.3) is 10.0 Å². The van der Waals surface area contributed by atoms with Crippen LogP contribution in [0.4, 0.5) is 5.69 Å². The molecule has 1 aromatic heterocycles. The average molecular weight is 306 g/mol. The number of pyridine rings is 1. The molecule has 0 atom stereocenters. The lowest BCUT2D eigenvalue weighted by atomic mass is 10.1. The molecule has 5 nitrogen and oxygen atoms in total. The number of benzene rings is 1. The minimum atomic E-state index is -3.64. The molecule has 0 bridgehead atoms. The summed E-state index contributed by atoms with van der Waals surface area (Å²) >= 11 is 0. The van der Waals surface area contributed by atoms with E-state index >= 15 is 0 Å². The molecule has 0 unspecified atom stereocenters. The molecular weight excluding hydrogens is 288 g/mol. The highest BCUT2D eigenvalue weighted by atomic mass is 32.2. The van der Waals surface area contributed by atoms with Crippen LogP contribution < -0.4 is 9.46 Å². The summed E-state index contributed by atoms with van der Waals surface area (Å²) in [4.78, 5) is 4.14. The maximum absolute atomic E-state index is 12.5. The second-order valence-electron chi connectivity index (χ2n) is 4.66. The van der Waals surface area contributed by atoms with Gasteiger partial charge in [-0.25, -0.2) is 8.42 Å². The van der Waals surface area contributed by atoms with Crippen LogP contribution in [0.3, 0.4) is 0 Å². The SMILES string of the molecule is CCOc1cc(C)c(S(=O)(=O)Nc2cccnc2)cc1C. The zero-order valence-electron chi connectivity index (χ0n) is 12.3. The highest BCUT2D eigenvalue weighted by Crippen LogP contribution is 2.27. The number of rotatable bonds is 5. The maximum Gasteiger partial charge on any atom is 0.262 e. The molecule has 0 radical (unpaired) electrons. The number of nitrogens with zero attached hydrogens (tertiary/aromatic N) is 1. The summed E-state index contributed by atoms with van der Waals surface area (Å²) in [7, 11) is -3.64. The van der Waals surface area contributed by atoms with Crippen molar-refractivity contribution < 1.29 is 13.2 Å². The third-order valence-electron chi connectivity index (χ3n) is 2.98. The number of ether oxygens (including phenoxy) is 1. The van der Waals surface area contributed by atoms with Crippen molar-refractivity contribution in [2.75, 3.05) is 11.3 Å². The zero-order chi connectivity index (χ0) is 15.5. The number of sulfonamides is 1. The lowest BCUT2D eigenvalue weighted by molar-refractivity contribution is 0.337. The highest BCUT2D eigenvalue weighted by molar-refractivity contribution is 7.92. The molecule has 0 amide bonds. The summed E-state index contributed by atoms with van der Waals surface area (Å²) < 4.78 is 32.9. The first kappa shape index (κ1) is 15.3. The summed E-state index contributed by atoms with van der Waals surface area (Å²) in [5.74, 6) is 0.704. The molecule has 0 spiro atoms. The molecule has 112 valence electrons. The van der Waals surface area contributed by atoms with Crippen LogP contribution in [0.15, 0.2) is 41.6 Å². The Balaban J connectivity index is 2.39. The predicted octanol–water partition coefficient (Wildman–Crippen LogP) is 2.90. The lowest BCUT2D eigenvalue weighted by Crippen LogP contribution is -2.15. The number of nitrogens with one attached hydrogen (secondary N) is 1. The molecule has 0 aliphatic carbocycles. The van der Waals surface area contributed by atoms with Crippen molar-refractivity contribution in [3.05, 3.63) is 47.8 Å². The van der Waals surface area contributed by atoms with Crippen LogP contribution in [-0.2, 0) is 10.0 Å². The predicted molar refractivity (Wildman–Crippen MR) is 82.1 cm³/mol. The summed E-state index contributed by atoms with van der Waals surface area (Å²) in [6.07, 6.45) is 3.05. The van der Waals surface area contributed by atoms with Gasteiger partial charge in [0.2, 0.25) is 0 Å². The lowest BCUT2D eigenvalue weighted by Gasteiger charge is -2.14. The highest BCUT2D eigenvalue weighted by Gasteiger charge is 2.19. The van der Waals surface area contributed by atoms with Crippen LogP contribution in [0.5, 0.6) is 5.75 Å². The van der Waals surface area contributed by atoms with Gasteiger partial charge < -0.3 is 4.74 Å². The summed E-state index contributed by atoms with van der Waals surface area (Å²) in [5, 5.41) is 0. The van der Waals surface area contributed by atoms with Crippen LogP contribution >= 0.6 is 0 Å². The fourth-order valence-electron chi connectivity index (χ4n) is 2.00. The molecule has 2 aromatic rings. The summed E-state index contributed by atoms with van der Waals surface area (Å²) in [6.45, 7) is 6.01. The van der Waals surface area contributed by atoms with Crippen LogP contribution in [0.1, 0.15) is 18.1 Å². The Morgan fingerprint density at radius 3 is 2.62 bits per heavy atom. The van der Waals surface area contributed by atoms with Crippen LogP contribution in [-0.4, -0.2) is 20.0 Å². The van der Waals surface area contributed by atoms with E-state index in [1.165, 1.54) is 6.20 Å².